The summed E-state index contributed by atoms with van der Waals surface area (Å²) < 4.78 is 0. The van der Waals surface area contributed by atoms with Crippen LogP contribution in [0.4, 0.5) is 0 Å². The molecule has 4 fully saturated rings. The first-order chi connectivity index (χ1) is 10.9. The largest absolute Gasteiger partial charge is 0.377 e. The normalized spacial score (nSPS) is 55.1. The zero-order chi connectivity index (χ0) is 16.3. The van der Waals surface area contributed by atoms with Gasteiger partial charge < -0.3 is 5.11 Å². The van der Waals surface area contributed by atoms with Gasteiger partial charge in [-0.1, -0.05) is 32.6 Å². The molecule has 4 rings (SSSR count). The second-order valence-corrected chi connectivity index (χ2v) is 9.63. The summed E-state index contributed by atoms with van der Waals surface area (Å²) in [6, 6.07) is 0. The van der Waals surface area contributed by atoms with E-state index in [4.69, 9.17) is 0 Å². The van der Waals surface area contributed by atoms with Crippen LogP contribution in [0.25, 0.3) is 0 Å². The molecule has 0 aromatic heterocycles. The Morgan fingerprint density at radius 1 is 0.870 bits per heavy atom. The third-order valence-corrected chi connectivity index (χ3v) is 9.07. The maximum atomic E-state index is 11.3. The summed E-state index contributed by atoms with van der Waals surface area (Å²) in [5, 5.41) is 11.3. The van der Waals surface area contributed by atoms with Crippen molar-refractivity contribution in [3.05, 3.63) is 0 Å². The Morgan fingerprint density at radius 3 is 2.43 bits per heavy atom. The van der Waals surface area contributed by atoms with Crippen LogP contribution in [-0.4, -0.2) is 10.7 Å². The van der Waals surface area contributed by atoms with E-state index in [1.165, 1.54) is 57.8 Å². The minimum Gasteiger partial charge on any atom is -0.377 e. The highest BCUT2D eigenvalue weighted by atomic mass is 16.3. The molecule has 4 aliphatic carbocycles. The smallest absolute Gasteiger partial charge is 0.131 e. The van der Waals surface area contributed by atoms with Crippen molar-refractivity contribution in [2.75, 3.05) is 0 Å². The molecule has 0 spiro atoms. The van der Waals surface area contributed by atoms with E-state index in [0.29, 0.717) is 11.3 Å². The van der Waals surface area contributed by atoms with Crippen LogP contribution in [0.3, 0.4) is 0 Å². The van der Waals surface area contributed by atoms with Gasteiger partial charge in [0.1, 0.15) is 5.60 Å². The zero-order valence-corrected chi connectivity index (χ0v) is 15.3. The SMILES string of the molecule is CC#CC1(O)CC[C@H]2[C@@H]3CCC4CCCC[C@]4(C)[C@@H]3CC[C@@]21C. The summed E-state index contributed by atoms with van der Waals surface area (Å²) in [5.74, 6) is 9.71. The molecule has 0 saturated heterocycles. The van der Waals surface area contributed by atoms with Gasteiger partial charge >= 0.3 is 0 Å². The lowest BCUT2D eigenvalue weighted by molar-refractivity contribution is -0.134. The Bertz CT molecular complexity index is 542. The summed E-state index contributed by atoms with van der Waals surface area (Å²) in [4.78, 5) is 0. The van der Waals surface area contributed by atoms with Gasteiger partial charge in [0.25, 0.3) is 0 Å². The fourth-order valence-corrected chi connectivity index (χ4v) is 7.72. The molecule has 2 unspecified atom stereocenters. The van der Waals surface area contributed by atoms with Gasteiger partial charge in [0.2, 0.25) is 0 Å². The van der Waals surface area contributed by atoms with Crippen molar-refractivity contribution in [1.29, 1.82) is 0 Å². The molecule has 4 aliphatic rings. The Labute approximate surface area is 142 Å². The van der Waals surface area contributed by atoms with E-state index in [0.717, 1.165) is 24.2 Å². The quantitative estimate of drug-likeness (QED) is 0.611. The summed E-state index contributed by atoms with van der Waals surface area (Å²) >= 11 is 0. The van der Waals surface area contributed by atoms with Crippen LogP contribution in [0, 0.1) is 46.3 Å². The number of aliphatic hydroxyl groups is 1. The minimum absolute atomic E-state index is 0.0367. The van der Waals surface area contributed by atoms with Crippen molar-refractivity contribution < 1.29 is 5.11 Å². The van der Waals surface area contributed by atoms with Crippen LogP contribution >= 0.6 is 0 Å². The minimum atomic E-state index is -0.721. The molecule has 128 valence electrons. The second-order valence-electron chi connectivity index (χ2n) is 9.63. The van der Waals surface area contributed by atoms with Crippen molar-refractivity contribution in [2.24, 2.45) is 34.5 Å². The molecule has 0 aromatic carbocycles. The van der Waals surface area contributed by atoms with Gasteiger partial charge in [-0.05, 0) is 87.4 Å². The van der Waals surface area contributed by atoms with E-state index < -0.39 is 5.60 Å². The van der Waals surface area contributed by atoms with Crippen molar-refractivity contribution in [2.45, 2.75) is 90.6 Å². The van der Waals surface area contributed by atoms with Crippen molar-refractivity contribution in [1.82, 2.24) is 0 Å². The van der Waals surface area contributed by atoms with Crippen LogP contribution < -0.4 is 0 Å². The zero-order valence-electron chi connectivity index (χ0n) is 15.3. The van der Waals surface area contributed by atoms with E-state index in [1.54, 1.807) is 0 Å². The lowest BCUT2D eigenvalue weighted by atomic mass is 9.44. The van der Waals surface area contributed by atoms with E-state index in [2.05, 4.69) is 25.7 Å². The fraction of sp³-hybridized carbons (Fsp3) is 0.909. The van der Waals surface area contributed by atoms with E-state index in [9.17, 15) is 5.11 Å². The first kappa shape index (κ1) is 16.0. The van der Waals surface area contributed by atoms with Crippen molar-refractivity contribution in [3.63, 3.8) is 0 Å². The van der Waals surface area contributed by atoms with Gasteiger partial charge in [-0.15, -0.1) is 5.92 Å². The fourth-order valence-electron chi connectivity index (χ4n) is 7.72. The topological polar surface area (TPSA) is 20.2 Å². The Balaban J connectivity index is 1.66. The van der Waals surface area contributed by atoms with Crippen LogP contribution in [0.2, 0.25) is 0 Å². The highest BCUT2D eigenvalue weighted by Crippen LogP contribution is 2.68. The highest BCUT2D eigenvalue weighted by molar-refractivity contribution is 5.25. The van der Waals surface area contributed by atoms with Crippen LogP contribution in [0.1, 0.15) is 85.0 Å². The average Bonchev–Trinajstić information content (AvgIpc) is 2.79. The monoisotopic (exact) mass is 314 g/mol. The lowest BCUT2D eigenvalue weighted by Gasteiger charge is -2.60. The van der Waals surface area contributed by atoms with Crippen LogP contribution in [0.5, 0.6) is 0 Å². The standard InChI is InChI=1S/C22H34O/c1-4-12-22(23)15-11-19-17-9-8-16-7-5-6-13-20(16,2)18(17)10-14-21(19,22)3/h16-19,23H,5-11,13-15H2,1-3H3/t16?,17-,18-,19+,20+,21+,22?/m1/s1. The molecule has 0 aromatic rings. The first-order valence-corrected chi connectivity index (χ1v) is 10.1. The Hall–Kier alpha value is -0.480. The molecular weight excluding hydrogens is 280 g/mol. The molecule has 1 heteroatoms. The number of hydrogen-bond donors (Lipinski definition) is 1. The number of rotatable bonds is 0. The molecule has 0 radical (unpaired) electrons. The third-order valence-electron chi connectivity index (χ3n) is 9.07. The Kier molecular flexibility index (Phi) is 3.66. The predicted octanol–water partition coefficient (Wildman–Crippen LogP) is 5.17. The molecule has 0 aliphatic heterocycles. The number of fused-ring (bicyclic) bond motifs is 5. The van der Waals surface area contributed by atoms with Gasteiger partial charge in [-0.2, -0.15) is 0 Å². The molecule has 0 bridgehead atoms. The molecule has 7 atom stereocenters. The van der Waals surface area contributed by atoms with Crippen LogP contribution in [0.15, 0.2) is 0 Å². The lowest BCUT2D eigenvalue weighted by Crippen LogP contribution is -2.55. The Morgan fingerprint density at radius 2 is 1.65 bits per heavy atom. The predicted molar refractivity (Wildman–Crippen MR) is 94.7 cm³/mol. The summed E-state index contributed by atoms with van der Waals surface area (Å²) in [6.07, 6.45) is 13.3. The summed E-state index contributed by atoms with van der Waals surface area (Å²) in [7, 11) is 0. The number of hydrogen-bond acceptors (Lipinski definition) is 1. The van der Waals surface area contributed by atoms with Crippen molar-refractivity contribution in [3.8, 4) is 11.8 Å². The third kappa shape index (κ3) is 2.03. The van der Waals surface area contributed by atoms with E-state index in [1.807, 2.05) is 6.92 Å². The maximum absolute atomic E-state index is 11.3. The first-order valence-electron chi connectivity index (χ1n) is 10.1. The van der Waals surface area contributed by atoms with Gasteiger partial charge in [0, 0.05) is 5.41 Å². The van der Waals surface area contributed by atoms with Crippen LogP contribution in [-0.2, 0) is 0 Å². The molecule has 1 nitrogen and oxygen atoms in total. The van der Waals surface area contributed by atoms with Gasteiger partial charge in [-0.25, -0.2) is 0 Å². The molecule has 23 heavy (non-hydrogen) atoms. The van der Waals surface area contributed by atoms with Gasteiger partial charge in [0.15, 0.2) is 0 Å². The van der Waals surface area contributed by atoms with Gasteiger partial charge in [-0.3, -0.25) is 0 Å². The molecule has 0 heterocycles. The molecule has 0 amide bonds. The van der Waals surface area contributed by atoms with Gasteiger partial charge in [0.05, 0.1) is 0 Å². The van der Waals surface area contributed by atoms with Crippen molar-refractivity contribution >= 4 is 0 Å². The maximum Gasteiger partial charge on any atom is 0.131 e. The molecular formula is C22H34O. The second kappa shape index (κ2) is 5.26. The van der Waals surface area contributed by atoms with E-state index in [-0.39, 0.29) is 5.41 Å². The highest BCUT2D eigenvalue weighted by Gasteiger charge is 2.64. The molecule has 4 saturated carbocycles. The summed E-state index contributed by atoms with van der Waals surface area (Å²) in [6.45, 7) is 6.87. The van der Waals surface area contributed by atoms with E-state index >= 15 is 0 Å². The average molecular weight is 315 g/mol. The summed E-state index contributed by atoms with van der Waals surface area (Å²) in [5.41, 5.74) is -0.0869. The molecule has 1 N–H and O–H groups in total.